The second-order valence-electron chi connectivity index (χ2n) is 3.32. The summed E-state index contributed by atoms with van der Waals surface area (Å²) in [7, 11) is 3.87. The SMILES string of the molecule is CNC(c1cn(C)cn1)c1sccc1Cl. The van der Waals surface area contributed by atoms with Crippen molar-refractivity contribution in [1.82, 2.24) is 14.9 Å². The van der Waals surface area contributed by atoms with Crippen LogP contribution in [0.3, 0.4) is 0 Å². The van der Waals surface area contributed by atoms with Crippen LogP contribution < -0.4 is 5.32 Å². The van der Waals surface area contributed by atoms with E-state index in [1.54, 1.807) is 17.7 Å². The zero-order valence-corrected chi connectivity index (χ0v) is 10.1. The molecule has 0 bridgehead atoms. The fraction of sp³-hybridized carbons (Fsp3) is 0.300. The van der Waals surface area contributed by atoms with Crippen LogP contribution in [0.4, 0.5) is 0 Å². The lowest BCUT2D eigenvalue weighted by molar-refractivity contribution is 0.685. The summed E-state index contributed by atoms with van der Waals surface area (Å²) in [4.78, 5) is 5.44. The first-order valence-electron chi connectivity index (χ1n) is 4.60. The fourth-order valence-electron chi connectivity index (χ4n) is 1.51. The Bertz CT molecular complexity index is 449. The van der Waals surface area contributed by atoms with Crippen molar-refractivity contribution in [2.75, 3.05) is 7.05 Å². The maximum absolute atomic E-state index is 6.11. The predicted molar refractivity (Wildman–Crippen MR) is 63.4 cm³/mol. The van der Waals surface area contributed by atoms with Crippen LogP contribution in [0, 0.1) is 0 Å². The summed E-state index contributed by atoms with van der Waals surface area (Å²) in [6, 6.07) is 1.99. The molecule has 0 fully saturated rings. The van der Waals surface area contributed by atoms with E-state index < -0.39 is 0 Å². The van der Waals surface area contributed by atoms with Crippen molar-refractivity contribution in [3.8, 4) is 0 Å². The van der Waals surface area contributed by atoms with E-state index in [0.29, 0.717) is 0 Å². The zero-order chi connectivity index (χ0) is 10.8. The molecule has 5 heteroatoms. The summed E-state index contributed by atoms with van der Waals surface area (Å²) in [5.74, 6) is 0. The quantitative estimate of drug-likeness (QED) is 0.895. The lowest BCUT2D eigenvalue weighted by Crippen LogP contribution is -2.17. The summed E-state index contributed by atoms with van der Waals surface area (Å²) in [5, 5.41) is 6.01. The van der Waals surface area contributed by atoms with E-state index in [9.17, 15) is 0 Å². The topological polar surface area (TPSA) is 29.9 Å². The minimum Gasteiger partial charge on any atom is -0.340 e. The van der Waals surface area contributed by atoms with Crippen molar-refractivity contribution in [3.63, 3.8) is 0 Å². The van der Waals surface area contributed by atoms with E-state index in [2.05, 4.69) is 10.3 Å². The third kappa shape index (κ3) is 2.07. The average molecular weight is 242 g/mol. The largest absolute Gasteiger partial charge is 0.340 e. The molecular formula is C10H12ClN3S. The number of imidazole rings is 1. The summed E-state index contributed by atoms with van der Waals surface area (Å²) in [6.45, 7) is 0. The van der Waals surface area contributed by atoms with E-state index in [-0.39, 0.29) is 6.04 Å². The van der Waals surface area contributed by atoms with Crippen LogP contribution in [-0.4, -0.2) is 16.6 Å². The van der Waals surface area contributed by atoms with Gasteiger partial charge < -0.3 is 9.88 Å². The molecule has 2 heterocycles. The molecule has 0 radical (unpaired) electrons. The van der Waals surface area contributed by atoms with Crippen molar-refractivity contribution >= 4 is 22.9 Å². The summed E-state index contributed by atoms with van der Waals surface area (Å²) >= 11 is 7.75. The van der Waals surface area contributed by atoms with Gasteiger partial charge in [-0.15, -0.1) is 11.3 Å². The number of nitrogens with zero attached hydrogens (tertiary/aromatic N) is 2. The van der Waals surface area contributed by atoms with Crippen molar-refractivity contribution in [3.05, 3.63) is 39.6 Å². The number of rotatable bonds is 3. The van der Waals surface area contributed by atoms with E-state index in [1.807, 2.05) is 36.3 Å². The highest BCUT2D eigenvalue weighted by molar-refractivity contribution is 7.10. The predicted octanol–water partition coefficient (Wildman–Crippen LogP) is 2.44. The first-order valence-corrected chi connectivity index (χ1v) is 5.86. The number of aryl methyl sites for hydroxylation is 1. The van der Waals surface area contributed by atoms with Crippen LogP contribution in [0.25, 0.3) is 0 Å². The van der Waals surface area contributed by atoms with Gasteiger partial charge in [0.25, 0.3) is 0 Å². The molecule has 0 amide bonds. The van der Waals surface area contributed by atoms with E-state index in [1.165, 1.54) is 0 Å². The highest BCUT2D eigenvalue weighted by atomic mass is 35.5. The first-order chi connectivity index (χ1) is 7.22. The van der Waals surface area contributed by atoms with Crippen LogP contribution in [-0.2, 0) is 7.05 Å². The monoisotopic (exact) mass is 241 g/mol. The lowest BCUT2D eigenvalue weighted by Gasteiger charge is -2.12. The molecule has 0 aromatic carbocycles. The Morgan fingerprint density at radius 2 is 2.40 bits per heavy atom. The highest BCUT2D eigenvalue weighted by Crippen LogP contribution is 2.31. The molecule has 15 heavy (non-hydrogen) atoms. The minimum absolute atomic E-state index is 0.0821. The molecule has 2 rings (SSSR count). The smallest absolute Gasteiger partial charge is 0.0947 e. The minimum atomic E-state index is 0.0821. The molecule has 1 atom stereocenters. The normalized spacial score (nSPS) is 13.0. The second kappa shape index (κ2) is 4.35. The molecular weight excluding hydrogens is 230 g/mol. The van der Waals surface area contributed by atoms with E-state index in [4.69, 9.17) is 11.6 Å². The molecule has 80 valence electrons. The van der Waals surface area contributed by atoms with Crippen molar-refractivity contribution in [2.24, 2.45) is 7.05 Å². The Balaban J connectivity index is 2.36. The number of aromatic nitrogens is 2. The van der Waals surface area contributed by atoms with Gasteiger partial charge in [-0.1, -0.05) is 11.6 Å². The third-order valence-electron chi connectivity index (χ3n) is 2.22. The van der Waals surface area contributed by atoms with Crippen LogP contribution in [0.1, 0.15) is 16.6 Å². The van der Waals surface area contributed by atoms with Gasteiger partial charge in [0.2, 0.25) is 0 Å². The van der Waals surface area contributed by atoms with Gasteiger partial charge in [0.1, 0.15) is 0 Å². The third-order valence-corrected chi connectivity index (χ3v) is 3.64. The van der Waals surface area contributed by atoms with Crippen molar-refractivity contribution < 1.29 is 0 Å². The van der Waals surface area contributed by atoms with Crippen molar-refractivity contribution in [1.29, 1.82) is 0 Å². The molecule has 0 spiro atoms. The molecule has 2 aromatic rings. The highest BCUT2D eigenvalue weighted by Gasteiger charge is 2.18. The van der Waals surface area contributed by atoms with Gasteiger partial charge in [-0.05, 0) is 18.5 Å². The zero-order valence-electron chi connectivity index (χ0n) is 8.57. The van der Waals surface area contributed by atoms with Gasteiger partial charge in [-0.25, -0.2) is 4.98 Å². The summed E-state index contributed by atoms with van der Waals surface area (Å²) in [5.41, 5.74) is 0.990. The Morgan fingerprint density at radius 1 is 1.60 bits per heavy atom. The second-order valence-corrected chi connectivity index (χ2v) is 4.67. The van der Waals surface area contributed by atoms with Gasteiger partial charge >= 0.3 is 0 Å². The van der Waals surface area contributed by atoms with Crippen LogP contribution in [0.2, 0.25) is 5.02 Å². The molecule has 0 saturated heterocycles. The number of nitrogens with one attached hydrogen (secondary N) is 1. The van der Waals surface area contributed by atoms with Gasteiger partial charge in [0.05, 0.1) is 23.1 Å². The molecule has 0 aliphatic carbocycles. The Labute approximate surface area is 97.7 Å². The van der Waals surface area contributed by atoms with Crippen LogP contribution >= 0.6 is 22.9 Å². The number of thiophene rings is 1. The Hall–Kier alpha value is -0.840. The maximum atomic E-state index is 6.11. The molecule has 0 aliphatic heterocycles. The number of hydrogen-bond donors (Lipinski definition) is 1. The molecule has 1 unspecified atom stereocenters. The van der Waals surface area contributed by atoms with Gasteiger partial charge in [0, 0.05) is 18.1 Å². The molecule has 3 nitrogen and oxygen atoms in total. The molecule has 2 aromatic heterocycles. The summed E-state index contributed by atoms with van der Waals surface area (Å²) in [6.07, 6.45) is 3.79. The maximum Gasteiger partial charge on any atom is 0.0947 e. The lowest BCUT2D eigenvalue weighted by atomic mass is 10.2. The van der Waals surface area contributed by atoms with Crippen LogP contribution in [0.15, 0.2) is 24.0 Å². The van der Waals surface area contributed by atoms with E-state index >= 15 is 0 Å². The summed E-state index contributed by atoms with van der Waals surface area (Å²) < 4.78 is 1.93. The Morgan fingerprint density at radius 3 is 2.87 bits per heavy atom. The van der Waals surface area contributed by atoms with Crippen LogP contribution in [0.5, 0.6) is 0 Å². The van der Waals surface area contributed by atoms with Crippen molar-refractivity contribution in [2.45, 2.75) is 6.04 Å². The molecule has 0 aliphatic rings. The van der Waals surface area contributed by atoms with Gasteiger partial charge in [0.15, 0.2) is 0 Å². The fourth-order valence-corrected chi connectivity index (χ4v) is 2.79. The standard InChI is InChI=1S/C10H12ClN3S/c1-12-9(8-5-14(2)6-13-8)10-7(11)3-4-15-10/h3-6,9,12H,1-2H3. The number of hydrogen-bond acceptors (Lipinski definition) is 3. The van der Waals surface area contributed by atoms with E-state index in [0.717, 1.165) is 15.6 Å². The average Bonchev–Trinajstić information content (AvgIpc) is 2.79. The molecule has 1 N–H and O–H groups in total. The first kappa shape index (κ1) is 10.7. The Kier molecular flexibility index (Phi) is 3.09. The molecule has 0 saturated carbocycles. The van der Waals surface area contributed by atoms with Gasteiger partial charge in [-0.2, -0.15) is 0 Å². The van der Waals surface area contributed by atoms with Gasteiger partial charge in [-0.3, -0.25) is 0 Å². The number of halogens is 1.